The van der Waals surface area contributed by atoms with Crippen molar-refractivity contribution in [1.29, 1.82) is 0 Å². The number of rotatable bonds is 4. The van der Waals surface area contributed by atoms with E-state index in [1.54, 1.807) is 0 Å². The summed E-state index contributed by atoms with van der Waals surface area (Å²) >= 11 is 6.00. The van der Waals surface area contributed by atoms with Crippen LogP contribution >= 0.6 is 11.6 Å². The number of nitrogens with one attached hydrogen (secondary N) is 3. The molecule has 2 aromatic heterocycles. The van der Waals surface area contributed by atoms with Crippen molar-refractivity contribution in [1.82, 2.24) is 20.5 Å². The van der Waals surface area contributed by atoms with E-state index in [1.165, 1.54) is 11.1 Å². The van der Waals surface area contributed by atoms with Crippen molar-refractivity contribution in [3.63, 3.8) is 0 Å². The van der Waals surface area contributed by atoms with E-state index < -0.39 is 0 Å². The van der Waals surface area contributed by atoms with Crippen LogP contribution in [-0.2, 0) is 24.1 Å². The maximum atomic E-state index is 12.4. The molecular formula is C18H19ClN4O. The van der Waals surface area contributed by atoms with Gasteiger partial charge >= 0.3 is 0 Å². The lowest BCUT2D eigenvalue weighted by atomic mass is 9.87. The van der Waals surface area contributed by atoms with E-state index in [-0.39, 0.29) is 11.8 Å². The second kappa shape index (κ2) is 6.32. The summed E-state index contributed by atoms with van der Waals surface area (Å²) in [6.07, 6.45) is 7.23. The van der Waals surface area contributed by atoms with Crippen LogP contribution in [-0.4, -0.2) is 27.6 Å². The normalized spacial score (nSPS) is 17.0. The first kappa shape index (κ1) is 15.3. The smallest absolute Gasteiger partial charge is 0.223 e. The maximum absolute atomic E-state index is 12.4. The summed E-state index contributed by atoms with van der Waals surface area (Å²) in [4.78, 5) is 15.6. The number of aromatic nitrogens is 3. The second-order valence-corrected chi connectivity index (χ2v) is 6.79. The number of H-pyrrole nitrogens is 2. The summed E-state index contributed by atoms with van der Waals surface area (Å²) in [6, 6.07) is 5.83. The van der Waals surface area contributed by atoms with Crippen LogP contribution < -0.4 is 5.32 Å². The highest BCUT2D eigenvalue weighted by Gasteiger charge is 2.25. The number of amides is 1. The predicted molar refractivity (Wildman–Crippen MR) is 94.1 cm³/mol. The lowest BCUT2D eigenvalue weighted by Gasteiger charge is -2.20. The van der Waals surface area contributed by atoms with Crippen LogP contribution in [0.4, 0.5) is 0 Å². The number of carbonyl (C=O) groups is 1. The van der Waals surface area contributed by atoms with E-state index in [4.69, 9.17) is 11.6 Å². The number of carbonyl (C=O) groups excluding carboxylic acids is 1. The molecule has 1 aromatic carbocycles. The van der Waals surface area contributed by atoms with Gasteiger partial charge in [0.1, 0.15) is 0 Å². The van der Waals surface area contributed by atoms with Crippen molar-refractivity contribution in [2.45, 2.75) is 25.7 Å². The van der Waals surface area contributed by atoms with Gasteiger partial charge in [0, 0.05) is 46.7 Å². The van der Waals surface area contributed by atoms with E-state index in [0.717, 1.165) is 47.3 Å². The zero-order valence-electron chi connectivity index (χ0n) is 13.2. The Kier molecular flexibility index (Phi) is 4.02. The van der Waals surface area contributed by atoms with Crippen molar-refractivity contribution in [2.24, 2.45) is 5.92 Å². The highest BCUT2D eigenvalue weighted by atomic mass is 35.5. The van der Waals surface area contributed by atoms with Crippen molar-refractivity contribution in [3.8, 4) is 0 Å². The van der Waals surface area contributed by atoms with Gasteiger partial charge in [-0.15, -0.1) is 0 Å². The van der Waals surface area contributed by atoms with Gasteiger partial charge in [-0.05, 0) is 42.5 Å². The average Bonchev–Trinajstić information content (AvgIpc) is 3.20. The molecule has 1 unspecified atom stereocenters. The van der Waals surface area contributed by atoms with Gasteiger partial charge in [0.15, 0.2) is 0 Å². The first-order valence-electron chi connectivity index (χ1n) is 8.25. The molecule has 3 aromatic rings. The number of halogens is 1. The van der Waals surface area contributed by atoms with Crippen molar-refractivity contribution >= 4 is 28.4 Å². The lowest BCUT2D eigenvalue weighted by Crippen LogP contribution is -2.35. The van der Waals surface area contributed by atoms with E-state index >= 15 is 0 Å². The predicted octanol–water partition coefficient (Wildman–Crippen LogP) is 3.01. The number of hydrogen-bond acceptors (Lipinski definition) is 2. The summed E-state index contributed by atoms with van der Waals surface area (Å²) in [5.74, 6) is 0.179. The number of aryl methyl sites for hydroxylation is 1. The van der Waals surface area contributed by atoms with Gasteiger partial charge in [-0.25, -0.2) is 0 Å². The molecule has 1 amide bonds. The average molecular weight is 343 g/mol. The Labute approximate surface area is 144 Å². The van der Waals surface area contributed by atoms with E-state index in [1.807, 2.05) is 30.6 Å². The van der Waals surface area contributed by atoms with Crippen molar-refractivity contribution in [3.05, 3.63) is 52.4 Å². The SMILES string of the molecule is O=C(NCCc1c[nH]c2cc(Cl)ccc12)C1CCc2cn[nH]c2C1. The molecule has 124 valence electrons. The lowest BCUT2D eigenvalue weighted by molar-refractivity contribution is -0.125. The molecular weight excluding hydrogens is 324 g/mol. The molecule has 0 spiro atoms. The molecule has 5 nitrogen and oxygen atoms in total. The molecule has 2 heterocycles. The summed E-state index contributed by atoms with van der Waals surface area (Å²) in [6.45, 7) is 0.640. The zero-order chi connectivity index (χ0) is 16.5. The number of fused-ring (bicyclic) bond motifs is 2. The fraction of sp³-hybridized carbons (Fsp3) is 0.333. The monoisotopic (exact) mass is 342 g/mol. The second-order valence-electron chi connectivity index (χ2n) is 6.36. The maximum Gasteiger partial charge on any atom is 0.223 e. The molecule has 0 fully saturated rings. The van der Waals surface area contributed by atoms with E-state index in [9.17, 15) is 4.79 Å². The van der Waals surface area contributed by atoms with E-state index in [2.05, 4.69) is 20.5 Å². The first-order valence-corrected chi connectivity index (χ1v) is 8.63. The number of benzene rings is 1. The number of hydrogen-bond donors (Lipinski definition) is 3. The van der Waals surface area contributed by atoms with Gasteiger partial charge in [-0.3, -0.25) is 9.89 Å². The minimum absolute atomic E-state index is 0.0414. The summed E-state index contributed by atoms with van der Waals surface area (Å²) in [7, 11) is 0. The molecule has 4 rings (SSSR count). The van der Waals surface area contributed by atoms with Gasteiger partial charge in [-0.1, -0.05) is 17.7 Å². The van der Waals surface area contributed by atoms with Crippen LogP contribution in [0.3, 0.4) is 0 Å². The third kappa shape index (κ3) is 2.91. The fourth-order valence-corrected chi connectivity index (χ4v) is 3.63. The topological polar surface area (TPSA) is 73.6 Å². The van der Waals surface area contributed by atoms with Crippen molar-refractivity contribution < 1.29 is 4.79 Å². The van der Waals surface area contributed by atoms with Crippen molar-refractivity contribution in [2.75, 3.05) is 6.54 Å². The standard InChI is InChI=1S/C18H19ClN4O/c19-14-3-4-15-12(9-21-17(15)8-14)5-6-20-18(24)11-1-2-13-10-22-23-16(13)7-11/h3-4,8-11,21H,1-2,5-7H2,(H,20,24)(H,22,23). The molecule has 0 aliphatic heterocycles. The van der Waals surface area contributed by atoms with Crippen LogP contribution in [0, 0.1) is 5.92 Å². The summed E-state index contributed by atoms with van der Waals surface area (Å²) in [5.41, 5.74) is 4.58. The Morgan fingerprint density at radius 2 is 2.33 bits per heavy atom. The molecule has 0 saturated carbocycles. The highest BCUT2D eigenvalue weighted by Crippen LogP contribution is 2.24. The largest absolute Gasteiger partial charge is 0.361 e. The minimum atomic E-state index is 0.0414. The molecule has 0 radical (unpaired) electrons. The molecule has 1 atom stereocenters. The third-order valence-electron chi connectivity index (χ3n) is 4.81. The van der Waals surface area contributed by atoms with Gasteiger partial charge < -0.3 is 10.3 Å². The molecule has 0 saturated heterocycles. The van der Waals surface area contributed by atoms with Gasteiger partial charge in [0.05, 0.1) is 6.20 Å². The van der Waals surface area contributed by atoms with Gasteiger partial charge in [0.2, 0.25) is 5.91 Å². The van der Waals surface area contributed by atoms with Gasteiger partial charge in [0.25, 0.3) is 0 Å². The summed E-state index contributed by atoms with van der Waals surface area (Å²) in [5, 5.41) is 12.0. The molecule has 0 bridgehead atoms. The zero-order valence-corrected chi connectivity index (χ0v) is 14.0. The molecule has 24 heavy (non-hydrogen) atoms. The third-order valence-corrected chi connectivity index (χ3v) is 5.05. The minimum Gasteiger partial charge on any atom is -0.361 e. The molecule has 1 aliphatic carbocycles. The quantitative estimate of drug-likeness (QED) is 0.682. The Hall–Kier alpha value is -2.27. The van der Waals surface area contributed by atoms with E-state index in [0.29, 0.717) is 6.54 Å². The molecule has 1 aliphatic rings. The van der Waals surface area contributed by atoms with Crippen LogP contribution in [0.15, 0.2) is 30.6 Å². The van der Waals surface area contributed by atoms with Gasteiger partial charge in [-0.2, -0.15) is 5.10 Å². The first-order chi connectivity index (χ1) is 11.7. The number of aromatic amines is 2. The van der Waals surface area contributed by atoms with Crippen LogP contribution in [0.25, 0.3) is 10.9 Å². The Morgan fingerprint density at radius 3 is 3.25 bits per heavy atom. The summed E-state index contributed by atoms with van der Waals surface area (Å²) < 4.78 is 0. The van der Waals surface area contributed by atoms with Crippen LogP contribution in [0.2, 0.25) is 5.02 Å². The molecule has 6 heteroatoms. The van der Waals surface area contributed by atoms with Crippen LogP contribution in [0.1, 0.15) is 23.2 Å². The fourth-order valence-electron chi connectivity index (χ4n) is 3.46. The Bertz CT molecular complexity index is 882. The molecule has 3 N–H and O–H groups in total. The Balaban J connectivity index is 1.34. The Morgan fingerprint density at radius 1 is 1.42 bits per heavy atom. The van der Waals surface area contributed by atoms with Crippen LogP contribution in [0.5, 0.6) is 0 Å². The number of nitrogens with zero attached hydrogens (tertiary/aromatic N) is 1. The highest BCUT2D eigenvalue weighted by molar-refractivity contribution is 6.31.